The summed E-state index contributed by atoms with van der Waals surface area (Å²) < 4.78 is 60.8. The molecule has 1 aromatic carbocycles. The molecule has 2 fully saturated rings. The molecule has 3 unspecified atom stereocenters. The van der Waals surface area contributed by atoms with Crippen LogP contribution in [0.15, 0.2) is 36.8 Å². The first-order valence-corrected chi connectivity index (χ1v) is 10.6. The molecule has 5 rings (SSSR count). The summed E-state index contributed by atoms with van der Waals surface area (Å²) in [4.78, 5) is 4.40. The number of aromatic nitrogens is 3. The van der Waals surface area contributed by atoms with Gasteiger partial charge in [-0.3, -0.25) is 5.32 Å². The lowest BCUT2D eigenvalue weighted by atomic mass is 9.79. The first-order chi connectivity index (χ1) is 15.7. The third-order valence-electron chi connectivity index (χ3n) is 6.40. The molecule has 1 aliphatic heterocycles. The van der Waals surface area contributed by atoms with E-state index in [0.29, 0.717) is 23.2 Å². The molecule has 7 nitrogen and oxygen atoms in total. The highest BCUT2D eigenvalue weighted by Gasteiger charge is 2.46. The molecule has 3 atom stereocenters. The van der Waals surface area contributed by atoms with Gasteiger partial charge in [0.2, 0.25) is 0 Å². The Bertz CT molecular complexity index is 1180. The summed E-state index contributed by atoms with van der Waals surface area (Å²) in [5.74, 6) is -0.682. The van der Waals surface area contributed by atoms with Gasteiger partial charge in [-0.2, -0.15) is 18.3 Å². The second kappa shape index (κ2) is 8.01. The SMILES string of the molecule is OC(NC1(c2ccc(C(F)(F)F)cc2F)CCOCC1O)c1cnn2cc(C3CC3)cnc12. The maximum atomic E-state index is 15.0. The molecule has 1 aliphatic carbocycles. The van der Waals surface area contributed by atoms with Crippen molar-refractivity contribution < 1.29 is 32.5 Å². The molecule has 2 aliphatic rings. The Hall–Kier alpha value is -2.60. The summed E-state index contributed by atoms with van der Waals surface area (Å²) in [5, 5.41) is 28.9. The van der Waals surface area contributed by atoms with Crippen molar-refractivity contribution in [1.29, 1.82) is 0 Å². The number of benzene rings is 1. The Kier molecular flexibility index (Phi) is 5.39. The predicted octanol–water partition coefficient (Wildman–Crippen LogP) is 3.02. The van der Waals surface area contributed by atoms with Crippen LogP contribution in [0.5, 0.6) is 0 Å². The number of hydrogen-bond acceptors (Lipinski definition) is 6. The lowest BCUT2D eigenvalue weighted by Crippen LogP contribution is -2.58. The number of fused-ring (bicyclic) bond motifs is 1. The Labute approximate surface area is 186 Å². The van der Waals surface area contributed by atoms with E-state index in [1.807, 2.05) is 6.20 Å². The number of ether oxygens (including phenoxy) is 1. The number of nitrogens with one attached hydrogen (secondary N) is 1. The zero-order chi connectivity index (χ0) is 23.4. The average Bonchev–Trinajstić information content (AvgIpc) is 3.53. The van der Waals surface area contributed by atoms with E-state index in [1.54, 1.807) is 10.7 Å². The molecular weight excluding hydrogens is 444 g/mol. The number of alkyl halides is 3. The van der Waals surface area contributed by atoms with Crippen molar-refractivity contribution in [1.82, 2.24) is 19.9 Å². The Morgan fingerprint density at radius 1 is 1.24 bits per heavy atom. The van der Waals surface area contributed by atoms with Crippen LogP contribution in [0.3, 0.4) is 0 Å². The van der Waals surface area contributed by atoms with Gasteiger partial charge in [-0.1, -0.05) is 6.07 Å². The van der Waals surface area contributed by atoms with E-state index in [1.165, 1.54) is 6.20 Å². The molecule has 1 saturated heterocycles. The molecule has 3 aromatic rings. The average molecular weight is 466 g/mol. The van der Waals surface area contributed by atoms with Crippen molar-refractivity contribution in [2.75, 3.05) is 13.2 Å². The van der Waals surface area contributed by atoms with Crippen molar-refractivity contribution in [2.45, 2.75) is 49.2 Å². The van der Waals surface area contributed by atoms with Crippen LogP contribution in [0.4, 0.5) is 17.6 Å². The molecule has 3 N–H and O–H groups in total. The second-order valence-electron chi connectivity index (χ2n) is 8.58. The predicted molar refractivity (Wildman–Crippen MR) is 108 cm³/mol. The Morgan fingerprint density at radius 3 is 2.70 bits per heavy atom. The smallest absolute Gasteiger partial charge is 0.388 e. The molecule has 3 heterocycles. The van der Waals surface area contributed by atoms with Gasteiger partial charge in [-0.05, 0) is 42.9 Å². The molecule has 0 radical (unpaired) electrons. The Morgan fingerprint density at radius 2 is 2.03 bits per heavy atom. The van der Waals surface area contributed by atoms with Gasteiger partial charge >= 0.3 is 6.18 Å². The maximum absolute atomic E-state index is 15.0. The monoisotopic (exact) mass is 466 g/mol. The van der Waals surface area contributed by atoms with Crippen LogP contribution in [0, 0.1) is 5.82 Å². The van der Waals surface area contributed by atoms with Crippen molar-refractivity contribution in [3.63, 3.8) is 0 Å². The summed E-state index contributed by atoms with van der Waals surface area (Å²) in [7, 11) is 0. The van der Waals surface area contributed by atoms with Crippen molar-refractivity contribution in [2.24, 2.45) is 0 Å². The van der Waals surface area contributed by atoms with Crippen LogP contribution in [-0.2, 0) is 16.5 Å². The highest BCUT2D eigenvalue weighted by Crippen LogP contribution is 2.41. The van der Waals surface area contributed by atoms with Crippen molar-refractivity contribution in [3.8, 4) is 0 Å². The minimum Gasteiger partial charge on any atom is -0.388 e. The highest BCUT2D eigenvalue weighted by molar-refractivity contribution is 5.48. The summed E-state index contributed by atoms with van der Waals surface area (Å²) in [6.07, 6.45) is -0.301. The standard InChI is InChI=1S/C22H22F4N4O3/c23-17-7-14(22(24,25)26)3-4-16(17)21(5-6-33-11-18(21)31)29-20(32)15-9-28-30-10-13(12-1-2-12)8-27-19(15)30/h3-4,7-10,12,18,20,29,31-32H,1-2,5-6,11H2. The molecule has 0 amide bonds. The topological polar surface area (TPSA) is 91.9 Å². The molecule has 176 valence electrons. The molecule has 2 aromatic heterocycles. The first kappa shape index (κ1) is 22.2. The van der Waals surface area contributed by atoms with Crippen LogP contribution in [0.25, 0.3) is 5.65 Å². The molecule has 1 saturated carbocycles. The summed E-state index contributed by atoms with van der Waals surface area (Å²) in [6, 6.07) is 2.14. The fourth-order valence-corrected chi connectivity index (χ4v) is 4.40. The van der Waals surface area contributed by atoms with E-state index in [2.05, 4.69) is 15.4 Å². The van der Waals surface area contributed by atoms with E-state index < -0.39 is 35.4 Å². The van der Waals surface area contributed by atoms with Crippen molar-refractivity contribution >= 4 is 5.65 Å². The van der Waals surface area contributed by atoms with Crippen LogP contribution < -0.4 is 5.32 Å². The van der Waals surface area contributed by atoms with Gasteiger partial charge in [0.05, 0.1) is 35.6 Å². The summed E-state index contributed by atoms with van der Waals surface area (Å²) in [5.41, 5.74) is -1.20. The maximum Gasteiger partial charge on any atom is 0.416 e. The van der Waals surface area contributed by atoms with Crippen LogP contribution >= 0.6 is 0 Å². The third-order valence-corrected chi connectivity index (χ3v) is 6.40. The number of aliphatic hydroxyl groups is 2. The second-order valence-corrected chi connectivity index (χ2v) is 8.58. The van der Waals surface area contributed by atoms with Crippen LogP contribution in [0.2, 0.25) is 0 Å². The zero-order valence-electron chi connectivity index (χ0n) is 17.4. The molecule has 11 heteroatoms. The van der Waals surface area contributed by atoms with Gasteiger partial charge in [-0.15, -0.1) is 0 Å². The van der Waals surface area contributed by atoms with Gasteiger partial charge in [0, 0.05) is 24.6 Å². The molecular formula is C22H22F4N4O3. The zero-order valence-corrected chi connectivity index (χ0v) is 17.4. The van der Waals surface area contributed by atoms with Crippen LogP contribution in [0.1, 0.15) is 53.7 Å². The minimum absolute atomic E-state index is 0.0198. The Balaban J connectivity index is 1.51. The quantitative estimate of drug-likeness (QED) is 0.396. The normalized spacial score (nSPS) is 24.8. The van der Waals surface area contributed by atoms with Gasteiger partial charge in [0.1, 0.15) is 12.0 Å². The third kappa shape index (κ3) is 3.99. The van der Waals surface area contributed by atoms with Gasteiger partial charge < -0.3 is 14.9 Å². The minimum atomic E-state index is -4.71. The number of halogens is 4. The van der Waals surface area contributed by atoms with E-state index in [-0.39, 0.29) is 25.2 Å². The number of nitrogens with zero attached hydrogens (tertiary/aromatic N) is 3. The fourth-order valence-electron chi connectivity index (χ4n) is 4.40. The first-order valence-electron chi connectivity index (χ1n) is 10.6. The summed E-state index contributed by atoms with van der Waals surface area (Å²) in [6.45, 7) is -0.0764. The molecule has 0 spiro atoms. The summed E-state index contributed by atoms with van der Waals surface area (Å²) >= 11 is 0. The van der Waals surface area contributed by atoms with Crippen molar-refractivity contribution in [3.05, 3.63) is 64.9 Å². The van der Waals surface area contributed by atoms with Gasteiger partial charge in [0.15, 0.2) is 5.65 Å². The van der Waals surface area contributed by atoms with Gasteiger partial charge in [0.25, 0.3) is 0 Å². The largest absolute Gasteiger partial charge is 0.416 e. The highest BCUT2D eigenvalue weighted by atomic mass is 19.4. The number of rotatable bonds is 5. The molecule has 0 bridgehead atoms. The number of aliphatic hydroxyl groups excluding tert-OH is 2. The fraction of sp³-hybridized carbons (Fsp3) is 0.455. The lowest BCUT2D eigenvalue weighted by molar-refractivity contribution is -0.137. The van der Waals surface area contributed by atoms with E-state index in [9.17, 15) is 27.8 Å². The molecule has 33 heavy (non-hydrogen) atoms. The van der Waals surface area contributed by atoms with Gasteiger partial charge in [-0.25, -0.2) is 13.9 Å². The van der Waals surface area contributed by atoms with Crippen LogP contribution in [-0.4, -0.2) is 44.1 Å². The van der Waals surface area contributed by atoms with E-state index in [0.717, 1.165) is 30.5 Å². The van der Waals surface area contributed by atoms with E-state index in [4.69, 9.17) is 4.74 Å². The van der Waals surface area contributed by atoms with E-state index >= 15 is 0 Å². The number of hydrogen-bond donors (Lipinski definition) is 3. The lowest BCUT2D eigenvalue weighted by Gasteiger charge is -2.44.